The van der Waals surface area contributed by atoms with E-state index >= 15 is 0 Å². The van der Waals surface area contributed by atoms with E-state index in [2.05, 4.69) is 37.8 Å². The van der Waals surface area contributed by atoms with Crippen LogP contribution in [-0.4, -0.2) is 0 Å². The molecule has 0 aromatic heterocycles. The highest BCUT2D eigenvalue weighted by atomic mass is 13.9. The third kappa shape index (κ3) is 7.07. The normalized spacial score (nSPS) is 8.25. The topological polar surface area (TPSA) is 0 Å². The van der Waals surface area contributed by atoms with Crippen molar-refractivity contribution in [2.45, 2.75) is 27.2 Å². The van der Waals surface area contributed by atoms with Crippen LogP contribution in [0.2, 0.25) is 0 Å². The van der Waals surface area contributed by atoms with E-state index in [1.165, 1.54) is 11.1 Å². The second-order valence-electron chi connectivity index (χ2n) is 3.05. The Hall–Kier alpha value is -1.04. The maximum atomic E-state index is 3.56. The molecule has 0 heteroatoms. The first-order valence-electron chi connectivity index (χ1n) is 4.32. The molecule has 1 aromatic carbocycles. The van der Waals surface area contributed by atoms with Crippen LogP contribution in [0.3, 0.4) is 0 Å². The molecule has 1 rings (SSSR count). The molecule has 0 radical (unpaired) electrons. The molecule has 0 N–H and O–H groups in total. The van der Waals surface area contributed by atoms with Crippen molar-refractivity contribution in [1.29, 1.82) is 0 Å². The fraction of sp³-hybridized carbons (Fsp3) is 0.333. The monoisotopic (exact) mass is 162 g/mol. The van der Waals surface area contributed by atoms with Crippen molar-refractivity contribution in [2.24, 2.45) is 0 Å². The van der Waals surface area contributed by atoms with Gasteiger partial charge in [-0.25, -0.2) is 0 Å². The molecule has 0 aliphatic heterocycles. The molecule has 0 saturated carbocycles. The molecule has 1 aromatic rings. The number of hydrogen-bond acceptors (Lipinski definition) is 0. The standard InChI is InChI=1S/C8H10.C4H8/c1-2-8-6-4-3-5-7-8;1-4(2)3/h3-7H,2H2,1H3;1H2,2-3H3. The quantitative estimate of drug-likeness (QED) is 0.550. The Morgan fingerprint density at radius 1 is 1.17 bits per heavy atom. The van der Waals surface area contributed by atoms with Gasteiger partial charge in [0.25, 0.3) is 0 Å². The lowest BCUT2D eigenvalue weighted by atomic mass is 10.2. The van der Waals surface area contributed by atoms with Crippen molar-refractivity contribution >= 4 is 0 Å². The van der Waals surface area contributed by atoms with Crippen LogP contribution in [0.1, 0.15) is 26.3 Å². The van der Waals surface area contributed by atoms with Gasteiger partial charge in [0.1, 0.15) is 0 Å². The second-order valence-corrected chi connectivity index (χ2v) is 3.05. The summed E-state index contributed by atoms with van der Waals surface area (Å²) in [6.07, 6.45) is 1.14. The molecule has 66 valence electrons. The number of hydrogen-bond donors (Lipinski definition) is 0. The molecule has 0 aliphatic carbocycles. The molecular weight excluding hydrogens is 144 g/mol. The maximum Gasteiger partial charge on any atom is -0.0307 e. The third-order valence-electron chi connectivity index (χ3n) is 1.25. The van der Waals surface area contributed by atoms with E-state index in [1.54, 1.807) is 0 Å². The Morgan fingerprint density at radius 2 is 1.58 bits per heavy atom. The minimum atomic E-state index is 1.14. The lowest BCUT2D eigenvalue weighted by Gasteiger charge is -1.89. The predicted molar refractivity (Wildman–Crippen MR) is 56.3 cm³/mol. The van der Waals surface area contributed by atoms with Gasteiger partial charge in [-0.15, -0.1) is 6.58 Å². The van der Waals surface area contributed by atoms with Gasteiger partial charge >= 0.3 is 0 Å². The van der Waals surface area contributed by atoms with E-state index in [0.29, 0.717) is 0 Å². The lowest BCUT2D eigenvalue weighted by molar-refractivity contribution is 1.14. The highest BCUT2D eigenvalue weighted by Gasteiger charge is 1.79. The summed E-state index contributed by atoms with van der Waals surface area (Å²) in [5.41, 5.74) is 2.58. The van der Waals surface area contributed by atoms with Crippen LogP contribution in [0.4, 0.5) is 0 Å². The van der Waals surface area contributed by atoms with Crippen LogP contribution >= 0.6 is 0 Å². The molecule has 0 saturated heterocycles. The molecule has 0 aliphatic rings. The van der Waals surface area contributed by atoms with Crippen LogP contribution in [0.25, 0.3) is 0 Å². The first-order chi connectivity index (χ1) is 5.66. The fourth-order valence-corrected chi connectivity index (χ4v) is 0.714. The largest absolute Gasteiger partial charge is 0.100 e. The van der Waals surface area contributed by atoms with Crippen molar-refractivity contribution in [3.63, 3.8) is 0 Å². The van der Waals surface area contributed by atoms with Crippen molar-refractivity contribution in [3.8, 4) is 0 Å². The zero-order chi connectivity index (χ0) is 9.40. The van der Waals surface area contributed by atoms with Gasteiger partial charge in [-0.2, -0.15) is 0 Å². The first-order valence-corrected chi connectivity index (χ1v) is 4.32. The lowest BCUT2D eigenvalue weighted by Crippen LogP contribution is -1.73. The summed E-state index contributed by atoms with van der Waals surface area (Å²) < 4.78 is 0. The minimum Gasteiger partial charge on any atom is -0.100 e. The number of benzene rings is 1. The summed E-state index contributed by atoms with van der Waals surface area (Å²) in [5.74, 6) is 0. The van der Waals surface area contributed by atoms with Crippen LogP contribution in [0, 0.1) is 0 Å². The summed E-state index contributed by atoms with van der Waals surface area (Å²) in [7, 11) is 0. The van der Waals surface area contributed by atoms with Crippen LogP contribution in [-0.2, 0) is 6.42 Å². The first kappa shape index (κ1) is 11.0. The Balaban J connectivity index is 0.000000261. The van der Waals surface area contributed by atoms with Crippen molar-refractivity contribution in [3.05, 3.63) is 48.0 Å². The van der Waals surface area contributed by atoms with E-state index in [9.17, 15) is 0 Å². The average Bonchev–Trinajstić information content (AvgIpc) is 2.05. The summed E-state index contributed by atoms with van der Waals surface area (Å²) in [6.45, 7) is 9.66. The maximum absolute atomic E-state index is 3.56. The zero-order valence-corrected chi connectivity index (χ0v) is 8.30. The van der Waals surface area contributed by atoms with Crippen LogP contribution in [0.5, 0.6) is 0 Å². The summed E-state index contributed by atoms with van der Waals surface area (Å²) >= 11 is 0. The molecule has 0 unspecified atom stereocenters. The Kier molecular flexibility index (Phi) is 6.08. The van der Waals surface area contributed by atoms with Crippen LogP contribution < -0.4 is 0 Å². The number of rotatable bonds is 1. The molecule has 0 heterocycles. The molecule has 0 bridgehead atoms. The molecule has 0 fully saturated rings. The predicted octanol–water partition coefficient (Wildman–Crippen LogP) is 3.83. The van der Waals surface area contributed by atoms with Crippen LogP contribution in [0.15, 0.2) is 42.5 Å². The summed E-state index contributed by atoms with van der Waals surface area (Å²) in [5, 5.41) is 0. The smallest absolute Gasteiger partial charge is 0.0307 e. The average molecular weight is 162 g/mol. The van der Waals surface area contributed by atoms with Crippen molar-refractivity contribution < 1.29 is 0 Å². The Labute approximate surface area is 75.9 Å². The van der Waals surface area contributed by atoms with E-state index in [-0.39, 0.29) is 0 Å². The molecular formula is C12H18. The third-order valence-corrected chi connectivity index (χ3v) is 1.25. The zero-order valence-electron chi connectivity index (χ0n) is 8.30. The van der Waals surface area contributed by atoms with Gasteiger partial charge in [0.05, 0.1) is 0 Å². The fourth-order valence-electron chi connectivity index (χ4n) is 0.714. The highest BCUT2D eigenvalue weighted by molar-refractivity contribution is 5.13. The van der Waals surface area contributed by atoms with Gasteiger partial charge in [-0.3, -0.25) is 0 Å². The van der Waals surface area contributed by atoms with Gasteiger partial charge in [-0.05, 0) is 25.8 Å². The second kappa shape index (κ2) is 6.66. The van der Waals surface area contributed by atoms with Gasteiger partial charge in [-0.1, -0.05) is 42.8 Å². The van der Waals surface area contributed by atoms with Gasteiger partial charge in [0.15, 0.2) is 0 Å². The Morgan fingerprint density at radius 3 is 1.83 bits per heavy atom. The van der Waals surface area contributed by atoms with Crippen molar-refractivity contribution in [1.82, 2.24) is 0 Å². The molecule has 0 spiro atoms. The number of aryl methyl sites for hydroxylation is 1. The Bertz CT molecular complexity index is 205. The summed E-state index contributed by atoms with van der Waals surface area (Å²) in [4.78, 5) is 0. The van der Waals surface area contributed by atoms with E-state index < -0.39 is 0 Å². The van der Waals surface area contributed by atoms with E-state index in [0.717, 1.165) is 6.42 Å². The van der Waals surface area contributed by atoms with Gasteiger partial charge in [0, 0.05) is 0 Å². The minimum absolute atomic E-state index is 1.14. The van der Waals surface area contributed by atoms with Crippen molar-refractivity contribution in [2.75, 3.05) is 0 Å². The molecule has 0 atom stereocenters. The molecule has 12 heavy (non-hydrogen) atoms. The van der Waals surface area contributed by atoms with E-state index in [1.807, 2.05) is 19.9 Å². The van der Waals surface area contributed by atoms with Gasteiger partial charge < -0.3 is 0 Å². The summed E-state index contributed by atoms with van der Waals surface area (Å²) in [6, 6.07) is 10.5. The molecule has 0 nitrogen and oxygen atoms in total. The van der Waals surface area contributed by atoms with Gasteiger partial charge in [0.2, 0.25) is 0 Å². The SMILES string of the molecule is C=C(C)C.CCc1ccccc1. The number of allylic oxidation sites excluding steroid dienone is 1. The van der Waals surface area contributed by atoms with E-state index in [4.69, 9.17) is 0 Å². The highest BCUT2D eigenvalue weighted by Crippen LogP contribution is 1.96. The molecule has 0 amide bonds.